The van der Waals surface area contributed by atoms with Crippen LogP contribution in [0, 0.1) is 18.7 Å². The SMILES string of the molecule is Cc1ccc(S(=O)(=O)N2CC[C@@H]3[C@@H](CO)Nc4ccc(-c5cc(NCCCCCCSc6cccc7c6C(=O)N(C6CCC(=O)NC6=O)C7=O)ccc5F)cc4[C@@H]32)cc1. The van der Waals surface area contributed by atoms with Crippen molar-refractivity contribution in [1.29, 1.82) is 0 Å². The van der Waals surface area contributed by atoms with Crippen molar-refractivity contribution in [2.45, 2.75) is 79.8 Å². The Morgan fingerprint density at radius 3 is 2.47 bits per heavy atom. The molecule has 2 saturated heterocycles. The molecule has 0 radical (unpaired) electrons. The van der Waals surface area contributed by atoms with Gasteiger partial charge in [-0.1, -0.05) is 42.7 Å². The number of aliphatic hydroxyl groups is 1. The number of fused-ring (bicyclic) bond motifs is 4. The number of hydrogen-bond donors (Lipinski definition) is 4. The third kappa shape index (κ3) is 7.88. The van der Waals surface area contributed by atoms with E-state index in [0.717, 1.165) is 58.8 Å². The van der Waals surface area contributed by atoms with E-state index in [1.807, 2.05) is 31.2 Å². The molecule has 4 N–H and O–H groups in total. The molecule has 0 spiro atoms. The number of carbonyl (C=O) groups is 4. The summed E-state index contributed by atoms with van der Waals surface area (Å²) in [6.45, 7) is 2.75. The summed E-state index contributed by atoms with van der Waals surface area (Å²) in [5, 5.41) is 19.3. The van der Waals surface area contributed by atoms with Gasteiger partial charge in [0.2, 0.25) is 21.8 Å². The number of carbonyl (C=O) groups excluding carboxylic acids is 4. The maximum absolute atomic E-state index is 15.5. The number of benzene rings is 4. The van der Waals surface area contributed by atoms with E-state index in [1.54, 1.807) is 48.5 Å². The van der Waals surface area contributed by atoms with Crippen LogP contribution in [0.1, 0.15) is 82.8 Å². The van der Waals surface area contributed by atoms with Crippen molar-refractivity contribution in [2.24, 2.45) is 5.92 Å². The molecule has 0 aromatic heterocycles. The number of imide groups is 2. The number of aryl methyl sites for hydroxylation is 1. The second-order valence-corrected chi connectivity index (χ2v) is 18.6. The molecule has 4 aromatic carbocycles. The molecule has 12 nitrogen and oxygen atoms in total. The van der Waals surface area contributed by atoms with Gasteiger partial charge in [0.05, 0.1) is 34.7 Å². The van der Waals surface area contributed by atoms with Crippen LogP contribution in [0.15, 0.2) is 88.7 Å². The fourth-order valence-electron chi connectivity index (χ4n) is 8.76. The van der Waals surface area contributed by atoms with E-state index in [1.165, 1.54) is 22.1 Å². The smallest absolute Gasteiger partial charge is 0.263 e. The van der Waals surface area contributed by atoms with Crippen LogP contribution in [0.2, 0.25) is 0 Å². The summed E-state index contributed by atoms with van der Waals surface area (Å²) in [5.41, 5.74) is 4.82. The molecule has 0 aliphatic carbocycles. The second-order valence-electron chi connectivity index (χ2n) is 15.6. The summed E-state index contributed by atoms with van der Waals surface area (Å²) >= 11 is 1.51. The quantitative estimate of drug-likeness (QED) is 0.0626. The minimum atomic E-state index is -3.85. The number of unbranched alkanes of at least 4 members (excludes halogenated alkanes) is 3. The van der Waals surface area contributed by atoms with Gasteiger partial charge in [0.15, 0.2) is 0 Å². The van der Waals surface area contributed by atoms with Crippen LogP contribution < -0.4 is 16.0 Å². The molecule has 59 heavy (non-hydrogen) atoms. The number of nitrogens with zero attached hydrogens (tertiary/aromatic N) is 2. The zero-order valence-electron chi connectivity index (χ0n) is 32.6. The minimum absolute atomic E-state index is 0.0692. The molecule has 8 rings (SSSR count). The van der Waals surface area contributed by atoms with Gasteiger partial charge in [-0.05, 0) is 104 Å². The number of amides is 4. The van der Waals surface area contributed by atoms with Gasteiger partial charge in [0, 0.05) is 47.3 Å². The molecule has 4 amide bonds. The zero-order chi connectivity index (χ0) is 41.4. The second kappa shape index (κ2) is 16.9. The maximum atomic E-state index is 15.5. The average Bonchev–Trinajstić information content (AvgIpc) is 3.79. The van der Waals surface area contributed by atoms with E-state index in [9.17, 15) is 32.7 Å². The first-order valence-electron chi connectivity index (χ1n) is 20.1. The molecule has 2 fully saturated rings. The van der Waals surface area contributed by atoms with E-state index in [4.69, 9.17) is 0 Å². The third-order valence-corrected chi connectivity index (χ3v) is 14.9. The van der Waals surface area contributed by atoms with Crippen LogP contribution >= 0.6 is 11.8 Å². The van der Waals surface area contributed by atoms with Crippen LogP contribution in [0.4, 0.5) is 15.8 Å². The van der Waals surface area contributed by atoms with E-state index in [-0.39, 0.29) is 41.9 Å². The number of halogens is 1. The molecule has 4 heterocycles. The van der Waals surface area contributed by atoms with Crippen LogP contribution in [0.5, 0.6) is 0 Å². The van der Waals surface area contributed by atoms with Crippen molar-refractivity contribution in [2.75, 3.05) is 36.1 Å². The highest BCUT2D eigenvalue weighted by Crippen LogP contribution is 2.49. The fourth-order valence-corrected chi connectivity index (χ4v) is 11.5. The first kappa shape index (κ1) is 40.7. The summed E-state index contributed by atoms with van der Waals surface area (Å²) < 4.78 is 45.0. The van der Waals surface area contributed by atoms with Crippen molar-refractivity contribution in [1.82, 2.24) is 14.5 Å². The molecular formula is C44H46FN5O7S2. The highest BCUT2D eigenvalue weighted by atomic mass is 32.2. The normalized spacial score (nSPS) is 21.5. The Hall–Kier alpha value is -5.09. The topological polar surface area (TPSA) is 165 Å². The van der Waals surface area contributed by atoms with E-state index >= 15 is 4.39 Å². The number of sulfonamides is 1. The summed E-state index contributed by atoms with van der Waals surface area (Å²) in [6.07, 6.45) is 4.39. The summed E-state index contributed by atoms with van der Waals surface area (Å²) in [5.74, 6) is -1.88. The van der Waals surface area contributed by atoms with E-state index in [0.29, 0.717) is 41.1 Å². The maximum Gasteiger partial charge on any atom is 0.263 e. The monoisotopic (exact) mass is 839 g/mol. The molecule has 15 heteroatoms. The lowest BCUT2D eigenvalue weighted by Gasteiger charge is -2.39. The van der Waals surface area contributed by atoms with Crippen molar-refractivity contribution in [3.8, 4) is 11.1 Å². The van der Waals surface area contributed by atoms with E-state index < -0.39 is 51.6 Å². The van der Waals surface area contributed by atoms with Crippen molar-refractivity contribution >= 4 is 56.8 Å². The lowest BCUT2D eigenvalue weighted by Crippen LogP contribution is -2.54. The zero-order valence-corrected chi connectivity index (χ0v) is 34.2. The highest BCUT2D eigenvalue weighted by Gasteiger charge is 2.49. The molecule has 4 aromatic rings. The van der Waals surface area contributed by atoms with Crippen molar-refractivity contribution < 1.29 is 37.1 Å². The molecule has 0 saturated carbocycles. The largest absolute Gasteiger partial charge is 0.394 e. The summed E-state index contributed by atoms with van der Waals surface area (Å²) in [7, 11) is -3.85. The van der Waals surface area contributed by atoms with Gasteiger partial charge in [-0.2, -0.15) is 4.31 Å². The van der Waals surface area contributed by atoms with Gasteiger partial charge in [-0.15, -0.1) is 11.8 Å². The van der Waals surface area contributed by atoms with Crippen LogP contribution in [0.3, 0.4) is 0 Å². The Balaban J connectivity index is 0.866. The minimum Gasteiger partial charge on any atom is -0.394 e. The molecule has 4 atom stereocenters. The molecule has 1 unspecified atom stereocenters. The standard InChI is InChI=1S/C44H46FN5O7S2/c1-26-9-13-29(14-10-26)59(56,57)49-21-19-30-36(25-51)47-35-16-11-27(23-33(35)41(30)49)32-24-28(12-15-34(32)45)46-20-4-2-3-5-22-58-38-8-6-7-31-40(38)44(55)50(43(31)54)37-17-18-39(52)48-42(37)53/h6-16,23-24,30,36-37,41,46-47,51H,2-5,17-22,25H2,1H3,(H,48,52,53)/t30-,36-,37?,41-/m1/s1. The lowest BCUT2D eigenvalue weighted by atomic mass is 9.82. The first-order chi connectivity index (χ1) is 28.5. The number of hydrogen-bond acceptors (Lipinski definition) is 10. The number of thioether (sulfide) groups is 1. The molecule has 308 valence electrons. The van der Waals surface area contributed by atoms with Gasteiger partial charge in [0.25, 0.3) is 11.8 Å². The Morgan fingerprint density at radius 1 is 0.898 bits per heavy atom. The Morgan fingerprint density at radius 2 is 1.69 bits per heavy atom. The van der Waals surface area contributed by atoms with Gasteiger partial charge in [0.1, 0.15) is 11.9 Å². The first-order valence-corrected chi connectivity index (χ1v) is 22.5. The van der Waals surface area contributed by atoms with Gasteiger partial charge in [-0.25, -0.2) is 12.8 Å². The molecule has 4 aliphatic rings. The predicted octanol–water partition coefficient (Wildman–Crippen LogP) is 6.51. The molecule has 4 aliphatic heterocycles. The molecule has 0 bridgehead atoms. The number of aliphatic hydroxyl groups excluding tert-OH is 1. The fraction of sp³-hybridized carbons (Fsp3) is 0.364. The van der Waals surface area contributed by atoms with Crippen molar-refractivity contribution in [3.05, 3.63) is 107 Å². The lowest BCUT2D eigenvalue weighted by molar-refractivity contribution is -0.136. The number of anilines is 2. The average molecular weight is 840 g/mol. The van der Waals surface area contributed by atoms with Crippen molar-refractivity contribution in [3.63, 3.8) is 0 Å². The number of nitrogens with one attached hydrogen (secondary N) is 3. The summed E-state index contributed by atoms with van der Waals surface area (Å²) in [6, 6.07) is 20.6. The van der Waals surface area contributed by atoms with Gasteiger partial charge in [-0.3, -0.25) is 29.4 Å². The molecular weight excluding hydrogens is 794 g/mol. The third-order valence-electron chi connectivity index (χ3n) is 11.8. The Bertz CT molecular complexity index is 2430. The van der Waals surface area contributed by atoms with Gasteiger partial charge >= 0.3 is 0 Å². The Kier molecular flexibility index (Phi) is 11.6. The predicted molar refractivity (Wildman–Crippen MR) is 223 cm³/mol. The highest BCUT2D eigenvalue weighted by molar-refractivity contribution is 7.99. The summed E-state index contributed by atoms with van der Waals surface area (Å²) in [4.78, 5) is 52.5. The van der Waals surface area contributed by atoms with Crippen LogP contribution in [-0.4, -0.2) is 83.9 Å². The van der Waals surface area contributed by atoms with E-state index in [2.05, 4.69) is 16.0 Å². The number of piperidine rings is 1. The van der Waals surface area contributed by atoms with Crippen LogP contribution in [0.25, 0.3) is 11.1 Å². The Labute approximate surface area is 347 Å². The van der Waals surface area contributed by atoms with Gasteiger partial charge < -0.3 is 15.7 Å². The van der Waals surface area contributed by atoms with Crippen LogP contribution in [-0.2, 0) is 19.6 Å². The number of rotatable bonds is 14.